The normalized spacial score (nSPS) is 14.4. The van der Waals surface area contributed by atoms with Crippen molar-refractivity contribution in [2.75, 3.05) is 0 Å². The van der Waals surface area contributed by atoms with E-state index in [1.807, 2.05) is 13.0 Å². The summed E-state index contributed by atoms with van der Waals surface area (Å²) in [6.45, 7) is 2.01. The van der Waals surface area contributed by atoms with Crippen molar-refractivity contribution >= 4 is 28.4 Å². The molecule has 132 valence electrons. The highest BCUT2D eigenvalue weighted by Gasteiger charge is 2.23. The Morgan fingerprint density at radius 3 is 2.73 bits per heavy atom. The number of rotatable bonds is 3. The van der Waals surface area contributed by atoms with Gasteiger partial charge in [0.25, 0.3) is 5.91 Å². The van der Waals surface area contributed by atoms with E-state index >= 15 is 0 Å². The number of carbonyl (C=O) groups excluding carboxylic acids is 1. The van der Waals surface area contributed by atoms with Crippen LogP contribution in [0.5, 0.6) is 0 Å². The highest BCUT2D eigenvalue weighted by atomic mass is 35.5. The number of fused-ring (bicyclic) bond motifs is 1. The van der Waals surface area contributed by atoms with Gasteiger partial charge in [-0.05, 0) is 48.9 Å². The minimum Gasteiger partial charge on any atom is -0.364 e. The van der Waals surface area contributed by atoms with Crippen LogP contribution in [-0.2, 0) is 0 Å². The van der Waals surface area contributed by atoms with Crippen molar-refractivity contribution < 1.29 is 4.79 Å². The SMILES string of the molecule is Cc1cc(C2CCC2)c(Cl)cc1-c1cc(=O)c2c(C(N)=O)nccc2[nH]1. The van der Waals surface area contributed by atoms with Gasteiger partial charge in [0.2, 0.25) is 0 Å². The van der Waals surface area contributed by atoms with Gasteiger partial charge in [-0.15, -0.1) is 0 Å². The lowest BCUT2D eigenvalue weighted by atomic mass is 9.79. The van der Waals surface area contributed by atoms with Gasteiger partial charge in [0.1, 0.15) is 5.69 Å². The number of hydrogen-bond donors (Lipinski definition) is 2. The summed E-state index contributed by atoms with van der Waals surface area (Å²) in [6, 6.07) is 7.16. The molecule has 0 unspecified atom stereocenters. The number of pyridine rings is 2. The molecule has 0 radical (unpaired) electrons. The highest BCUT2D eigenvalue weighted by Crippen LogP contribution is 2.41. The first kappa shape index (κ1) is 16.8. The third kappa shape index (κ3) is 2.69. The number of amides is 1. The van der Waals surface area contributed by atoms with Crippen LogP contribution in [0.25, 0.3) is 22.2 Å². The molecular weight excluding hydrogens is 350 g/mol. The van der Waals surface area contributed by atoms with Crippen LogP contribution < -0.4 is 11.2 Å². The van der Waals surface area contributed by atoms with E-state index in [4.69, 9.17) is 17.3 Å². The van der Waals surface area contributed by atoms with Gasteiger partial charge < -0.3 is 10.7 Å². The standard InChI is InChI=1S/C20H18ClN3O2/c1-10-7-13(11-3-2-4-11)14(21)8-12(10)16-9-17(25)18-15(24-16)5-6-23-19(18)20(22)26/h5-9,11H,2-4H2,1H3,(H2,22,26)(H,24,25). The molecule has 0 bridgehead atoms. The number of aryl methyl sites for hydroxylation is 1. The molecule has 6 heteroatoms. The van der Waals surface area contributed by atoms with Gasteiger partial charge in [-0.2, -0.15) is 0 Å². The first-order chi connectivity index (χ1) is 12.5. The monoisotopic (exact) mass is 367 g/mol. The lowest BCUT2D eigenvalue weighted by Gasteiger charge is -2.27. The second kappa shape index (κ2) is 6.25. The Morgan fingerprint density at radius 1 is 1.31 bits per heavy atom. The number of primary amides is 1. The molecule has 1 aliphatic rings. The maximum absolute atomic E-state index is 12.6. The molecule has 0 saturated heterocycles. The molecule has 0 aliphatic heterocycles. The number of benzene rings is 1. The van der Waals surface area contributed by atoms with Crippen molar-refractivity contribution in [3.8, 4) is 11.3 Å². The number of nitrogens with two attached hydrogens (primary N) is 1. The Kier molecular flexibility index (Phi) is 4.04. The van der Waals surface area contributed by atoms with Crippen molar-refractivity contribution in [1.82, 2.24) is 9.97 Å². The zero-order valence-electron chi connectivity index (χ0n) is 14.3. The molecule has 1 amide bonds. The van der Waals surface area contributed by atoms with E-state index in [1.54, 1.807) is 6.07 Å². The number of halogens is 1. The molecule has 5 nitrogen and oxygen atoms in total. The van der Waals surface area contributed by atoms with E-state index in [1.165, 1.54) is 37.1 Å². The molecule has 4 rings (SSSR count). The molecule has 3 aromatic rings. The second-order valence-corrected chi connectivity index (χ2v) is 7.22. The second-order valence-electron chi connectivity index (χ2n) is 6.81. The smallest absolute Gasteiger partial charge is 0.268 e. The number of nitrogens with zero attached hydrogens (tertiary/aromatic N) is 1. The summed E-state index contributed by atoms with van der Waals surface area (Å²) in [5, 5.41) is 0.933. The Hall–Kier alpha value is -2.66. The first-order valence-electron chi connectivity index (χ1n) is 8.58. The average molecular weight is 368 g/mol. The predicted molar refractivity (Wildman–Crippen MR) is 103 cm³/mol. The number of aromatic amines is 1. The first-order valence-corrected chi connectivity index (χ1v) is 8.95. The maximum Gasteiger partial charge on any atom is 0.268 e. The molecule has 1 fully saturated rings. The maximum atomic E-state index is 12.6. The summed E-state index contributed by atoms with van der Waals surface area (Å²) in [5.41, 5.74) is 9.30. The number of carbonyl (C=O) groups is 1. The van der Waals surface area contributed by atoms with Crippen LogP contribution in [0.1, 0.15) is 46.8 Å². The Bertz CT molecular complexity index is 1100. The summed E-state index contributed by atoms with van der Waals surface area (Å²) in [6.07, 6.45) is 5.06. The van der Waals surface area contributed by atoms with Gasteiger partial charge in [-0.3, -0.25) is 14.6 Å². The fraction of sp³-hybridized carbons (Fsp3) is 0.250. The molecule has 2 heterocycles. The molecule has 2 aromatic heterocycles. The van der Waals surface area contributed by atoms with Crippen LogP contribution in [0, 0.1) is 6.92 Å². The van der Waals surface area contributed by atoms with Gasteiger partial charge in [0.15, 0.2) is 5.43 Å². The summed E-state index contributed by atoms with van der Waals surface area (Å²) in [7, 11) is 0. The quantitative estimate of drug-likeness (QED) is 0.735. The molecule has 1 saturated carbocycles. The summed E-state index contributed by atoms with van der Waals surface area (Å²) in [5.74, 6) is -0.187. The van der Waals surface area contributed by atoms with Crippen LogP contribution in [0.4, 0.5) is 0 Å². The Balaban J connectivity index is 1.89. The zero-order chi connectivity index (χ0) is 18.4. The van der Waals surface area contributed by atoms with E-state index in [-0.39, 0.29) is 16.5 Å². The predicted octanol–water partition coefficient (Wildman–Crippen LogP) is 3.92. The van der Waals surface area contributed by atoms with E-state index in [9.17, 15) is 9.59 Å². The third-order valence-corrected chi connectivity index (χ3v) is 5.48. The van der Waals surface area contributed by atoms with Crippen molar-refractivity contribution in [2.24, 2.45) is 5.73 Å². The molecule has 3 N–H and O–H groups in total. The van der Waals surface area contributed by atoms with E-state index in [0.29, 0.717) is 17.1 Å². The molecule has 26 heavy (non-hydrogen) atoms. The summed E-state index contributed by atoms with van der Waals surface area (Å²) >= 11 is 6.52. The van der Waals surface area contributed by atoms with Crippen LogP contribution >= 0.6 is 11.6 Å². The van der Waals surface area contributed by atoms with Crippen molar-refractivity contribution in [2.45, 2.75) is 32.1 Å². The van der Waals surface area contributed by atoms with Crippen molar-refractivity contribution in [1.29, 1.82) is 0 Å². The van der Waals surface area contributed by atoms with Gasteiger partial charge >= 0.3 is 0 Å². The largest absolute Gasteiger partial charge is 0.364 e. The minimum atomic E-state index is -0.724. The fourth-order valence-electron chi connectivity index (χ4n) is 3.56. The van der Waals surface area contributed by atoms with E-state index in [0.717, 1.165) is 16.1 Å². The van der Waals surface area contributed by atoms with Crippen LogP contribution in [-0.4, -0.2) is 15.9 Å². The molecule has 1 aromatic carbocycles. The number of aromatic nitrogens is 2. The average Bonchev–Trinajstić information content (AvgIpc) is 2.55. The molecule has 0 spiro atoms. The summed E-state index contributed by atoms with van der Waals surface area (Å²) < 4.78 is 0. The van der Waals surface area contributed by atoms with Crippen molar-refractivity contribution in [3.63, 3.8) is 0 Å². The topological polar surface area (TPSA) is 88.8 Å². The van der Waals surface area contributed by atoms with Gasteiger partial charge in [-0.25, -0.2) is 0 Å². The lowest BCUT2D eigenvalue weighted by Crippen LogP contribution is -2.17. The van der Waals surface area contributed by atoms with Gasteiger partial charge in [0.05, 0.1) is 16.6 Å². The number of nitrogens with one attached hydrogen (secondary N) is 1. The Labute approximate surface area is 155 Å². The van der Waals surface area contributed by atoms with Gasteiger partial charge in [-0.1, -0.05) is 24.1 Å². The van der Waals surface area contributed by atoms with Gasteiger partial charge in [0, 0.05) is 22.8 Å². The molecular formula is C20H18ClN3O2. The minimum absolute atomic E-state index is 0.0228. The fourth-order valence-corrected chi connectivity index (χ4v) is 3.88. The Morgan fingerprint density at radius 2 is 2.08 bits per heavy atom. The van der Waals surface area contributed by atoms with Crippen LogP contribution in [0.2, 0.25) is 5.02 Å². The van der Waals surface area contributed by atoms with E-state index in [2.05, 4.69) is 16.0 Å². The molecule has 1 aliphatic carbocycles. The highest BCUT2D eigenvalue weighted by molar-refractivity contribution is 6.31. The third-order valence-electron chi connectivity index (χ3n) is 5.15. The zero-order valence-corrected chi connectivity index (χ0v) is 15.1. The lowest BCUT2D eigenvalue weighted by molar-refractivity contribution is 0.0997. The number of hydrogen-bond acceptors (Lipinski definition) is 3. The van der Waals surface area contributed by atoms with Crippen LogP contribution in [0.15, 0.2) is 35.3 Å². The van der Waals surface area contributed by atoms with E-state index < -0.39 is 5.91 Å². The number of H-pyrrole nitrogens is 1. The summed E-state index contributed by atoms with van der Waals surface area (Å²) in [4.78, 5) is 31.3. The van der Waals surface area contributed by atoms with Crippen molar-refractivity contribution in [3.05, 3.63) is 62.5 Å². The van der Waals surface area contributed by atoms with Crippen LogP contribution in [0.3, 0.4) is 0 Å². The molecule has 0 atom stereocenters.